The maximum Gasteiger partial charge on any atom is 0.270 e. The lowest BCUT2D eigenvalue weighted by molar-refractivity contribution is -0.384. The Labute approximate surface area is 115 Å². The molecule has 0 spiro atoms. The van der Waals surface area contributed by atoms with Crippen LogP contribution in [0.4, 0.5) is 17.3 Å². The highest BCUT2D eigenvalue weighted by atomic mass is 16.6. The third-order valence-electron chi connectivity index (χ3n) is 2.89. The van der Waals surface area contributed by atoms with E-state index in [-0.39, 0.29) is 5.69 Å². The van der Waals surface area contributed by atoms with Gasteiger partial charge in [-0.3, -0.25) is 14.7 Å². The first-order chi connectivity index (χ1) is 9.58. The molecular formula is C12H16N6O2. The smallest absolute Gasteiger partial charge is 0.270 e. The van der Waals surface area contributed by atoms with Gasteiger partial charge in [0.25, 0.3) is 5.69 Å². The number of non-ortho nitro benzene ring substituents is 1. The number of nitrogens with zero attached hydrogens (tertiary/aromatic N) is 4. The van der Waals surface area contributed by atoms with Crippen molar-refractivity contribution in [3.05, 3.63) is 28.3 Å². The molecule has 0 unspecified atom stereocenters. The number of hydrogen-bond donors (Lipinski definition) is 2. The minimum atomic E-state index is -0.458. The Kier molecular flexibility index (Phi) is 3.83. The van der Waals surface area contributed by atoms with E-state index in [2.05, 4.69) is 15.5 Å². The molecule has 106 valence electrons. The first kappa shape index (κ1) is 13.8. The normalized spacial score (nSPS) is 10.5. The van der Waals surface area contributed by atoms with E-state index in [1.807, 2.05) is 18.4 Å². The first-order valence-electron chi connectivity index (χ1n) is 6.29. The Hall–Kier alpha value is -2.64. The molecule has 20 heavy (non-hydrogen) atoms. The molecule has 1 aromatic heterocycles. The third kappa shape index (κ3) is 2.40. The Morgan fingerprint density at radius 3 is 2.75 bits per heavy atom. The Morgan fingerprint density at radius 2 is 2.15 bits per heavy atom. The van der Waals surface area contributed by atoms with Crippen LogP contribution in [0, 0.1) is 10.1 Å². The summed E-state index contributed by atoms with van der Waals surface area (Å²) in [5, 5.41) is 22.1. The van der Waals surface area contributed by atoms with Crippen LogP contribution in [-0.2, 0) is 6.54 Å². The molecule has 0 bridgehead atoms. The number of rotatable bonds is 5. The Bertz CT molecular complexity index is 637. The highest BCUT2D eigenvalue weighted by molar-refractivity contribution is 5.75. The average Bonchev–Trinajstić information content (AvgIpc) is 2.82. The molecule has 1 aromatic carbocycles. The molecule has 8 heteroatoms. The van der Waals surface area contributed by atoms with Crippen molar-refractivity contribution in [2.75, 3.05) is 17.6 Å². The van der Waals surface area contributed by atoms with E-state index >= 15 is 0 Å². The lowest BCUT2D eigenvalue weighted by atomic mass is 10.1. The number of anilines is 2. The van der Waals surface area contributed by atoms with Crippen LogP contribution >= 0.6 is 0 Å². The molecule has 0 saturated carbocycles. The number of hydrogen-bond acceptors (Lipinski definition) is 6. The van der Waals surface area contributed by atoms with Crippen molar-refractivity contribution in [3.63, 3.8) is 0 Å². The molecule has 0 amide bonds. The van der Waals surface area contributed by atoms with Gasteiger partial charge in [0, 0.05) is 36.5 Å². The summed E-state index contributed by atoms with van der Waals surface area (Å²) in [6.07, 6.45) is 0. The SMILES string of the molecule is CCNc1nnc(-c2cc([N+](=O)[O-])ccc2N)n1CC. The Balaban J connectivity index is 2.56. The first-order valence-corrected chi connectivity index (χ1v) is 6.29. The van der Waals surface area contributed by atoms with Gasteiger partial charge in [0.05, 0.1) is 4.92 Å². The topological polar surface area (TPSA) is 112 Å². The van der Waals surface area contributed by atoms with Crippen molar-refractivity contribution in [3.8, 4) is 11.4 Å². The minimum absolute atomic E-state index is 0.0233. The van der Waals surface area contributed by atoms with Crippen molar-refractivity contribution in [2.24, 2.45) is 0 Å². The molecule has 3 N–H and O–H groups in total. The number of nitrogen functional groups attached to an aromatic ring is 1. The number of benzene rings is 1. The van der Waals surface area contributed by atoms with Crippen LogP contribution in [0.25, 0.3) is 11.4 Å². The molecule has 1 heterocycles. The van der Waals surface area contributed by atoms with E-state index in [1.165, 1.54) is 18.2 Å². The second kappa shape index (κ2) is 5.55. The van der Waals surface area contributed by atoms with E-state index in [0.29, 0.717) is 36.1 Å². The predicted octanol–water partition coefficient (Wildman–Crippen LogP) is 1.89. The maximum absolute atomic E-state index is 10.9. The summed E-state index contributed by atoms with van der Waals surface area (Å²) < 4.78 is 1.83. The van der Waals surface area contributed by atoms with Crippen LogP contribution < -0.4 is 11.1 Å². The maximum atomic E-state index is 10.9. The second-order valence-electron chi connectivity index (χ2n) is 4.15. The largest absolute Gasteiger partial charge is 0.398 e. The standard InChI is InChI=1S/C12H16N6O2/c1-3-14-12-16-15-11(17(12)4-2)9-7-8(18(19)20)5-6-10(9)13/h5-7H,3-4,13H2,1-2H3,(H,14,16). The molecule has 0 aliphatic heterocycles. The summed E-state index contributed by atoms with van der Waals surface area (Å²) in [5.41, 5.74) is 6.82. The zero-order valence-corrected chi connectivity index (χ0v) is 11.3. The number of nitrogens with two attached hydrogens (primary N) is 1. The number of nitro benzene ring substituents is 1. The Morgan fingerprint density at radius 1 is 1.40 bits per heavy atom. The van der Waals surface area contributed by atoms with Gasteiger partial charge in [-0.05, 0) is 19.9 Å². The average molecular weight is 276 g/mol. The van der Waals surface area contributed by atoms with E-state index in [4.69, 9.17) is 5.73 Å². The van der Waals surface area contributed by atoms with Gasteiger partial charge in [-0.15, -0.1) is 10.2 Å². The molecule has 0 atom stereocenters. The van der Waals surface area contributed by atoms with Crippen molar-refractivity contribution >= 4 is 17.3 Å². The van der Waals surface area contributed by atoms with Crippen molar-refractivity contribution in [1.82, 2.24) is 14.8 Å². The summed E-state index contributed by atoms with van der Waals surface area (Å²) in [4.78, 5) is 10.4. The van der Waals surface area contributed by atoms with Crippen LogP contribution in [0.1, 0.15) is 13.8 Å². The van der Waals surface area contributed by atoms with Crippen LogP contribution in [0.2, 0.25) is 0 Å². The molecule has 2 aromatic rings. The molecule has 0 fully saturated rings. The van der Waals surface area contributed by atoms with E-state index in [0.717, 1.165) is 0 Å². The minimum Gasteiger partial charge on any atom is -0.398 e. The van der Waals surface area contributed by atoms with Gasteiger partial charge >= 0.3 is 0 Å². The fourth-order valence-electron chi connectivity index (χ4n) is 1.94. The number of nitro groups is 1. The zero-order valence-electron chi connectivity index (χ0n) is 11.3. The third-order valence-corrected chi connectivity index (χ3v) is 2.89. The van der Waals surface area contributed by atoms with Gasteiger partial charge in [-0.1, -0.05) is 0 Å². The highest BCUT2D eigenvalue weighted by Crippen LogP contribution is 2.29. The summed E-state index contributed by atoms with van der Waals surface area (Å²) in [6.45, 7) is 5.24. The highest BCUT2D eigenvalue weighted by Gasteiger charge is 2.17. The molecule has 0 saturated heterocycles. The van der Waals surface area contributed by atoms with E-state index in [1.54, 1.807) is 0 Å². The van der Waals surface area contributed by atoms with Crippen molar-refractivity contribution in [1.29, 1.82) is 0 Å². The summed E-state index contributed by atoms with van der Waals surface area (Å²) in [5.74, 6) is 1.14. The van der Waals surface area contributed by atoms with Gasteiger partial charge in [-0.2, -0.15) is 0 Å². The monoisotopic (exact) mass is 276 g/mol. The van der Waals surface area contributed by atoms with Crippen molar-refractivity contribution < 1.29 is 4.92 Å². The fraction of sp³-hybridized carbons (Fsp3) is 0.333. The van der Waals surface area contributed by atoms with Crippen LogP contribution in [0.15, 0.2) is 18.2 Å². The predicted molar refractivity (Wildman–Crippen MR) is 76.4 cm³/mol. The van der Waals surface area contributed by atoms with Gasteiger partial charge in [-0.25, -0.2) is 0 Å². The van der Waals surface area contributed by atoms with E-state index < -0.39 is 4.92 Å². The van der Waals surface area contributed by atoms with Crippen LogP contribution in [0.5, 0.6) is 0 Å². The fourth-order valence-corrected chi connectivity index (χ4v) is 1.94. The summed E-state index contributed by atoms with van der Waals surface area (Å²) in [7, 11) is 0. The molecule has 2 rings (SSSR count). The molecular weight excluding hydrogens is 260 g/mol. The number of nitrogens with one attached hydrogen (secondary N) is 1. The van der Waals surface area contributed by atoms with Crippen molar-refractivity contribution in [2.45, 2.75) is 20.4 Å². The quantitative estimate of drug-likeness (QED) is 0.490. The van der Waals surface area contributed by atoms with Gasteiger partial charge < -0.3 is 11.1 Å². The lowest BCUT2D eigenvalue weighted by Crippen LogP contribution is -2.07. The van der Waals surface area contributed by atoms with Crippen LogP contribution in [0.3, 0.4) is 0 Å². The molecule has 0 aliphatic carbocycles. The second-order valence-corrected chi connectivity index (χ2v) is 4.15. The van der Waals surface area contributed by atoms with Gasteiger partial charge in [0.15, 0.2) is 5.82 Å². The summed E-state index contributed by atoms with van der Waals surface area (Å²) >= 11 is 0. The van der Waals surface area contributed by atoms with Crippen LogP contribution in [-0.4, -0.2) is 26.2 Å². The lowest BCUT2D eigenvalue weighted by Gasteiger charge is -2.09. The molecule has 0 aliphatic rings. The number of aromatic nitrogens is 3. The van der Waals surface area contributed by atoms with E-state index in [9.17, 15) is 10.1 Å². The van der Waals surface area contributed by atoms with Gasteiger partial charge in [0.2, 0.25) is 5.95 Å². The van der Waals surface area contributed by atoms with Gasteiger partial charge in [0.1, 0.15) is 0 Å². The summed E-state index contributed by atoms with van der Waals surface area (Å²) in [6, 6.07) is 4.30. The molecule has 0 radical (unpaired) electrons. The molecule has 8 nitrogen and oxygen atoms in total. The zero-order chi connectivity index (χ0) is 14.7.